The predicted octanol–water partition coefficient (Wildman–Crippen LogP) is 0.803. The van der Waals surface area contributed by atoms with Gasteiger partial charge in [-0.15, -0.1) is 0 Å². The zero-order valence-electron chi connectivity index (χ0n) is 18.4. The molecule has 11 heteroatoms. The highest BCUT2D eigenvalue weighted by molar-refractivity contribution is 7.89. The van der Waals surface area contributed by atoms with Crippen LogP contribution in [0, 0.1) is 0 Å². The van der Waals surface area contributed by atoms with Crippen LogP contribution in [0.15, 0.2) is 59.6 Å². The van der Waals surface area contributed by atoms with Crippen LogP contribution in [0.3, 0.4) is 0 Å². The fourth-order valence-electron chi connectivity index (χ4n) is 3.86. The summed E-state index contributed by atoms with van der Waals surface area (Å²) in [4.78, 5) is 40.0. The number of rotatable bonds is 7. The van der Waals surface area contributed by atoms with Gasteiger partial charge < -0.3 is 20.4 Å². The lowest BCUT2D eigenvalue weighted by Crippen LogP contribution is -2.49. The lowest BCUT2D eigenvalue weighted by molar-refractivity contribution is -0.142. The molecule has 0 unspecified atom stereocenters. The summed E-state index contributed by atoms with van der Waals surface area (Å²) in [5.41, 5.74) is 1.79. The molecule has 0 aliphatic carbocycles. The molecule has 1 aliphatic heterocycles. The quantitative estimate of drug-likeness (QED) is 0.424. The highest BCUT2D eigenvalue weighted by atomic mass is 32.2. The van der Waals surface area contributed by atoms with Crippen molar-refractivity contribution in [2.24, 2.45) is 0 Å². The fraction of sp³-hybridized carbons (Fsp3) is 0.261. The minimum absolute atomic E-state index is 0.0652. The van der Waals surface area contributed by atoms with Crippen molar-refractivity contribution in [3.05, 3.63) is 65.9 Å². The van der Waals surface area contributed by atoms with Gasteiger partial charge in [0.1, 0.15) is 6.04 Å². The first-order chi connectivity index (χ1) is 16.3. The number of piperazine rings is 1. The van der Waals surface area contributed by atoms with Crippen molar-refractivity contribution in [1.82, 2.24) is 19.9 Å². The average Bonchev–Trinajstić information content (AvgIpc) is 3.26. The standard InChI is InChI=1S/C23H24N4O6S/c1-33-23(30)20(12-16-13-25-19-8-3-2-7-18(16)19)26-22(29)15-5-4-6-17(11-15)34(31,32)27-10-9-24-21(28)14-27/h2-8,11,13,20,25H,9-10,12,14H2,1H3,(H,24,28)(H,26,29)/t20-/m1/s1. The molecule has 0 saturated carbocycles. The Morgan fingerprint density at radius 2 is 1.97 bits per heavy atom. The van der Waals surface area contributed by atoms with Crippen molar-refractivity contribution in [2.45, 2.75) is 17.4 Å². The first kappa shape index (κ1) is 23.5. The van der Waals surface area contributed by atoms with Gasteiger partial charge in [-0.2, -0.15) is 4.31 Å². The van der Waals surface area contributed by atoms with Crippen molar-refractivity contribution in [2.75, 3.05) is 26.7 Å². The van der Waals surface area contributed by atoms with Crippen molar-refractivity contribution >= 4 is 38.7 Å². The summed E-state index contributed by atoms with van der Waals surface area (Å²) < 4.78 is 31.9. The molecule has 1 fully saturated rings. The number of sulfonamides is 1. The summed E-state index contributed by atoms with van der Waals surface area (Å²) in [6.07, 6.45) is 1.96. The van der Waals surface area contributed by atoms with Crippen molar-refractivity contribution < 1.29 is 27.5 Å². The number of amides is 2. The van der Waals surface area contributed by atoms with Gasteiger partial charge >= 0.3 is 5.97 Å². The number of esters is 1. The van der Waals surface area contributed by atoms with E-state index in [4.69, 9.17) is 4.74 Å². The van der Waals surface area contributed by atoms with Gasteiger partial charge in [-0.05, 0) is 29.8 Å². The summed E-state index contributed by atoms with van der Waals surface area (Å²) in [6, 6.07) is 12.1. The van der Waals surface area contributed by atoms with Crippen molar-refractivity contribution in [3.63, 3.8) is 0 Å². The number of ether oxygens (including phenoxy) is 1. The van der Waals surface area contributed by atoms with Gasteiger partial charge in [-0.1, -0.05) is 24.3 Å². The molecule has 1 atom stereocenters. The second-order valence-electron chi connectivity index (χ2n) is 7.83. The number of aromatic nitrogens is 1. The number of methoxy groups -OCH3 is 1. The third-order valence-electron chi connectivity index (χ3n) is 5.63. The molecule has 34 heavy (non-hydrogen) atoms. The lowest BCUT2D eigenvalue weighted by Gasteiger charge is -2.26. The Bertz CT molecular complexity index is 1350. The molecule has 2 amide bonds. The molecule has 1 saturated heterocycles. The van der Waals surface area contributed by atoms with Crippen LogP contribution in [-0.4, -0.2) is 68.3 Å². The van der Waals surface area contributed by atoms with E-state index in [1.54, 1.807) is 6.20 Å². The molecule has 3 aromatic rings. The van der Waals surface area contributed by atoms with E-state index in [0.29, 0.717) is 0 Å². The number of nitrogens with zero attached hydrogens (tertiary/aromatic N) is 1. The maximum absolute atomic E-state index is 13.0. The van der Waals surface area contributed by atoms with E-state index in [-0.39, 0.29) is 42.4 Å². The summed E-state index contributed by atoms with van der Waals surface area (Å²) in [6.45, 7) is 0.0697. The largest absolute Gasteiger partial charge is 0.467 e. The highest BCUT2D eigenvalue weighted by Gasteiger charge is 2.30. The number of para-hydroxylation sites is 1. The minimum Gasteiger partial charge on any atom is -0.467 e. The molecule has 3 N–H and O–H groups in total. The normalized spacial score (nSPS) is 15.5. The highest BCUT2D eigenvalue weighted by Crippen LogP contribution is 2.21. The van der Waals surface area contributed by atoms with E-state index in [0.717, 1.165) is 20.8 Å². The van der Waals surface area contributed by atoms with Crippen LogP contribution in [0.4, 0.5) is 0 Å². The molecule has 1 aliphatic rings. The Labute approximate surface area is 196 Å². The Hall–Kier alpha value is -3.70. The number of fused-ring (bicyclic) bond motifs is 1. The van der Waals surface area contributed by atoms with Gasteiger partial charge in [0.15, 0.2) is 0 Å². The second kappa shape index (κ2) is 9.65. The van der Waals surface area contributed by atoms with Gasteiger partial charge in [-0.3, -0.25) is 9.59 Å². The molecule has 0 spiro atoms. The number of nitrogens with one attached hydrogen (secondary N) is 3. The van der Waals surface area contributed by atoms with Crippen LogP contribution in [0.25, 0.3) is 10.9 Å². The average molecular weight is 485 g/mol. The maximum atomic E-state index is 13.0. The van der Waals surface area contributed by atoms with Crippen LogP contribution in [0.5, 0.6) is 0 Å². The zero-order valence-corrected chi connectivity index (χ0v) is 19.2. The van der Waals surface area contributed by atoms with Crippen molar-refractivity contribution in [1.29, 1.82) is 0 Å². The zero-order chi connectivity index (χ0) is 24.3. The second-order valence-corrected chi connectivity index (χ2v) is 9.77. The molecule has 178 valence electrons. The minimum atomic E-state index is -3.97. The molecular formula is C23H24N4O6S. The Morgan fingerprint density at radius 3 is 2.74 bits per heavy atom. The van der Waals surface area contributed by atoms with Gasteiger partial charge in [0.05, 0.1) is 18.6 Å². The predicted molar refractivity (Wildman–Crippen MR) is 123 cm³/mol. The van der Waals surface area contributed by atoms with Gasteiger partial charge in [0, 0.05) is 42.2 Å². The van der Waals surface area contributed by atoms with E-state index >= 15 is 0 Å². The molecule has 2 heterocycles. The van der Waals surface area contributed by atoms with Crippen LogP contribution in [0.2, 0.25) is 0 Å². The van der Waals surface area contributed by atoms with Gasteiger partial charge in [0.25, 0.3) is 5.91 Å². The number of hydrogen-bond donors (Lipinski definition) is 3. The topological polar surface area (TPSA) is 138 Å². The number of benzene rings is 2. The van der Waals surface area contributed by atoms with Crippen LogP contribution < -0.4 is 10.6 Å². The number of carbonyl (C=O) groups excluding carboxylic acids is 3. The van der Waals surface area contributed by atoms with E-state index in [1.165, 1.54) is 31.4 Å². The maximum Gasteiger partial charge on any atom is 0.328 e. The van der Waals surface area contributed by atoms with Gasteiger partial charge in [0.2, 0.25) is 15.9 Å². The Kier molecular flexibility index (Phi) is 6.66. The van der Waals surface area contributed by atoms with Crippen LogP contribution >= 0.6 is 0 Å². The molecule has 0 bridgehead atoms. The molecule has 2 aromatic carbocycles. The summed E-state index contributed by atoms with van der Waals surface area (Å²) in [5, 5.41) is 6.15. The van der Waals surface area contributed by atoms with E-state index < -0.39 is 27.9 Å². The first-order valence-corrected chi connectivity index (χ1v) is 12.0. The monoisotopic (exact) mass is 484 g/mol. The van der Waals surface area contributed by atoms with Gasteiger partial charge in [-0.25, -0.2) is 13.2 Å². The molecule has 10 nitrogen and oxygen atoms in total. The molecular weight excluding hydrogens is 460 g/mol. The number of carbonyl (C=O) groups is 3. The Morgan fingerprint density at radius 1 is 1.18 bits per heavy atom. The Balaban J connectivity index is 1.55. The number of hydrogen-bond acceptors (Lipinski definition) is 6. The fourth-order valence-corrected chi connectivity index (χ4v) is 5.31. The van der Waals surface area contributed by atoms with E-state index in [2.05, 4.69) is 15.6 Å². The summed E-state index contributed by atoms with van der Waals surface area (Å²) in [5.74, 6) is -1.63. The number of aromatic amines is 1. The van der Waals surface area contributed by atoms with E-state index in [1.807, 2.05) is 24.3 Å². The molecule has 1 aromatic heterocycles. The smallest absolute Gasteiger partial charge is 0.328 e. The summed E-state index contributed by atoms with van der Waals surface area (Å²) >= 11 is 0. The lowest BCUT2D eigenvalue weighted by atomic mass is 10.0. The molecule has 4 rings (SSSR count). The first-order valence-electron chi connectivity index (χ1n) is 10.6. The van der Waals surface area contributed by atoms with Crippen LogP contribution in [0.1, 0.15) is 15.9 Å². The molecule has 0 radical (unpaired) electrons. The third-order valence-corrected chi connectivity index (χ3v) is 7.47. The number of H-pyrrole nitrogens is 1. The van der Waals surface area contributed by atoms with Crippen molar-refractivity contribution in [3.8, 4) is 0 Å². The SMILES string of the molecule is COC(=O)[C@@H](Cc1c[nH]c2ccccc12)NC(=O)c1cccc(S(=O)(=O)N2CCNC(=O)C2)c1. The van der Waals surface area contributed by atoms with E-state index in [9.17, 15) is 22.8 Å². The van der Waals surface area contributed by atoms with Crippen LogP contribution in [-0.2, 0) is 30.8 Å². The third kappa shape index (κ3) is 4.80. The summed E-state index contributed by atoms with van der Waals surface area (Å²) in [7, 11) is -2.73.